The van der Waals surface area contributed by atoms with E-state index in [1.54, 1.807) is 6.92 Å². The number of aromatic amines is 1. The first-order valence-corrected chi connectivity index (χ1v) is 13.1. The average Bonchev–Trinajstić information content (AvgIpc) is 2.97. The summed E-state index contributed by atoms with van der Waals surface area (Å²) in [6.07, 6.45) is 3.72. The minimum absolute atomic E-state index is 0. The van der Waals surface area contributed by atoms with Crippen molar-refractivity contribution >= 4 is 23.5 Å². The van der Waals surface area contributed by atoms with Gasteiger partial charge in [-0.05, 0) is 12.6 Å². The van der Waals surface area contributed by atoms with E-state index in [9.17, 15) is 28.2 Å². The molecule has 2 heterocycles. The van der Waals surface area contributed by atoms with Gasteiger partial charge in [0.1, 0.15) is 0 Å². The van der Waals surface area contributed by atoms with Crippen LogP contribution in [0.15, 0.2) is 28.1 Å². The van der Waals surface area contributed by atoms with E-state index in [1.165, 1.54) is 24.9 Å². The minimum atomic E-state index is -5.64. The first-order valence-electron chi connectivity index (χ1n) is 8.62. The summed E-state index contributed by atoms with van der Waals surface area (Å²) in [5, 5.41) is 0. The molecule has 1 aromatic rings. The van der Waals surface area contributed by atoms with Gasteiger partial charge >= 0.3 is 29.2 Å². The molecule has 1 aliphatic rings. The number of phosphoric acid groups is 3. The maximum atomic E-state index is 12.1. The van der Waals surface area contributed by atoms with Crippen molar-refractivity contribution in [1.82, 2.24) is 9.55 Å². The zero-order chi connectivity index (χ0) is 24.3. The van der Waals surface area contributed by atoms with Gasteiger partial charge in [-0.2, -0.15) is 8.62 Å². The summed E-state index contributed by atoms with van der Waals surface area (Å²) in [5.41, 5.74) is 4.07. The first-order chi connectivity index (χ1) is 14.6. The van der Waals surface area contributed by atoms with E-state index < -0.39 is 59.6 Å². The van der Waals surface area contributed by atoms with Crippen LogP contribution in [-0.2, 0) is 70.7 Å². The molecule has 1 saturated heterocycles. The Kier molecular flexibility index (Phi) is 11.3. The Balaban J connectivity index is 0.00000544. The zero-order valence-electron chi connectivity index (χ0n) is 16.9. The number of H-pyrrole nitrogens is 1. The molecule has 5 atom stereocenters. The van der Waals surface area contributed by atoms with Gasteiger partial charge in [-0.3, -0.25) is 20.7 Å². The smallest absolute Gasteiger partial charge is 0.405 e. The molecule has 20 heteroatoms. The number of allylic oxidation sites excluding steroid dienone is 1. The summed E-state index contributed by atoms with van der Waals surface area (Å²) < 4.78 is 52.3. The van der Waals surface area contributed by atoms with Crippen LogP contribution in [0, 0.1) is 12.3 Å². The molecule has 0 saturated carbocycles. The van der Waals surface area contributed by atoms with E-state index in [-0.39, 0.29) is 44.7 Å². The molecule has 7 N–H and O–H groups in total. The van der Waals surface area contributed by atoms with Crippen molar-refractivity contribution in [1.29, 1.82) is 0 Å². The number of rotatable bonds is 10. The van der Waals surface area contributed by atoms with Crippen molar-refractivity contribution in [2.75, 3.05) is 6.61 Å². The Morgan fingerprint density at radius 1 is 1.21 bits per heavy atom. The molecule has 2 rings (SSSR count). The second-order valence-corrected chi connectivity index (χ2v) is 10.9. The van der Waals surface area contributed by atoms with Crippen LogP contribution in [0.25, 0.3) is 0 Å². The summed E-state index contributed by atoms with van der Waals surface area (Å²) in [6, 6.07) is 0. The van der Waals surface area contributed by atoms with E-state index in [0.29, 0.717) is 0 Å². The molecule has 0 bridgehead atoms. The third kappa shape index (κ3) is 9.69. The van der Waals surface area contributed by atoms with Crippen molar-refractivity contribution in [2.45, 2.75) is 25.7 Å². The van der Waals surface area contributed by atoms with Crippen LogP contribution in [-0.4, -0.2) is 41.8 Å². The summed E-state index contributed by atoms with van der Waals surface area (Å²) in [4.78, 5) is 61.9. The Morgan fingerprint density at radius 2 is 1.85 bits per heavy atom. The fraction of sp³-hybridized carbons (Fsp3) is 0.462. The monoisotopic (exact) mass is 609 g/mol. The van der Waals surface area contributed by atoms with E-state index in [0.717, 1.165) is 4.57 Å². The van der Waals surface area contributed by atoms with Gasteiger partial charge in [-0.25, -0.2) is 18.5 Å². The molecule has 5 unspecified atom stereocenters. The Morgan fingerprint density at radius 3 is 2.42 bits per heavy atom. The fourth-order valence-electron chi connectivity index (χ4n) is 2.61. The van der Waals surface area contributed by atoms with Crippen LogP contribution in [0.4, 0.5) is 0 Å². The second-order valence-electron chi connectivity index (χ2n) is 6.46. The molecular formula is C13H21N3O13P3Y-. The van der Waals surface area contributed by atoms with E-state index in [4.69, 9.17) is 25.2 Å². The van der Waals surface area contributed by atoms with Crippen LogP contribution in [0.5, 0.6) is 0 Å². The third-order valence-corrected chi connectivity index (χ3v) is 7.78. The Hall–Kier alpha value is -0.306. The minimum Gasteiger partial charge on any atom is -0.405 e. The molecule has 1 aromatic heterocycles. The van der Waals surface area contributed by atoms with Crippen LogP contribution in [0.1, 0.15) is 18.7 Å². The molecule has 16 nitrogen and oxygen atoms in total. The van der Waals surface area contributed by atoms with E-state index in [2.05, 4.69) is 18.1 Å². The van der Waals surface area contributed by atoms with Crippen LogP contribution < -0.4 is 17.0 Å². The van der Waals surface area contributed by atoms with Gasteiger partial charge in [0.05, 0.1) is 12.7 Å². The average molecular weight is 609 g/mol. The second kappa shape index (κ2) is 12.1. The predicted molar refractivity (Wildman–Crippen MR) is 106 cm³/mol. The molecule has 0 spiro atoms. The number of hydrogen-bond donors (Lipinski definition) is 6. The predicted octanol–water partition coefficient (Wildman–Crippen LogP) is -0.370. The molecular weight excluding hydrogens is 588 g/mol. The molecule has 1 radical (unpaired) electrons. The molecule has 185 valence electrons. The van der Waals surface area contributed by atoms with Crippen LogP contribution in [0.2, 0.25) is 0 Å². The Bertz CT molecular complexity index is 1110. The number of nitrogens with one attached hydrogen (secondary N) is 1. The summed E-state index contributed by atoms with van der Waals surface area (Å²) in [7, 11) is -16.5. The van der Waals surface area contributed by atoms with Crippen LogP contribution >= 0.6 is 23.5 Å². The molecule has 1 fully saturated rings. The maximum absolute atomic E-state index is 12.1. The van der Waals surface area contributed by atoms with E-state index >= 15 is 0 Å². The largest absolute Gasteiger partial charge is 0.490 e. The standard InChI is InChI=1S/C13H21N3O13P3.Y/c1-8-5-11(16-6-9(3-2-4-14)12(17)15-13(16)18)27-10(8)7-26-31(22,23)29-32(24,25)28-30(19,20)21;/h2,4-6,8,10-11H,3,7,14H2,1H3,(H,22,23)(H,24,25)(H,15,17,18)(H2,19,20,21);/q-1;/b4-2+;. The number of hydrogen-bond acceptors (Lipinski definition) is 10. The summed E-state index contributed by atoms with van der Waals surface area (Å²) in [5.74, 6) is -0.474. The number of nitrogens with zero attached hydrogens (tertiary/aromatic N) is 1. The van der Waals surface area contributed by atoms with E-state index in [1.807, 2.05) is 0 Å². The molecule has 1 aliphatic heterocycles. The summed E-state index contributed by atoms with van der Waals surface area (Å²) in [6.45, 7) is 0.929. The van der Waals surface area contributed by atoms with Gasteiger partial charge in [0.2, 0.25) is 0 Å². The first kappa shape index (κ1) is 30.7. The van der Waals surface area contributed by atoms with Gasteiger partial charge in [0.15, 0.2) is 0 Å². The Labute approximate surface area is 211 Å². The van der Waals surface area contributed by atoms with Crippen molar-refractivity contribution in [3.63, 3.8) is 0 Å². The number of phosphoric ester groups is 1. The molecule has 0 amide bonds. The molecule has 0 aromatic carbocycles. The van der Waals surface area contributed by atoms with Crippen molar-refractivity contribution in [3.05, 3.63) is 51.3 Å². The topological polar surface area (TPSA) is 250 Å². The zero-order valence-corrected chi connectivity index (χ0v) is 22.4. The number of aromatic nitrogens is 2. The van der Waals surface area contributed by atoms with Crippen LogP contribution in [0.3, 0.4) is 0 Å². The van der Waals surface area contributed by atoms with Crippen molar-refractivity contribution in [3.8, 4) is 0 Å². The molecule has 33 heavy (non-hydrogen) atoms. The third-order valence-electron chi connectivity index (χ3n) is 3.98. The fourth-order valence-corrected chi connectivity index (χ4v) is 5.64. The van der Waals surface area contributed by atoms with Gasteiger partial charge < -0.3 is 34.6 Å². The van der Waals surface area contributed by atoms with Gasteiger partial charge in [-0.1, -0.05) is 13.0 Å². The van der Waals surface area contributed by atoms with Gasteiger partial charge in [0.25, 0.3) is 5.56 Å². The number of ether oxygens (including phenoxy) is 1. The van der Waals surface area contributed by atoms with Crippen molar-refractivity contribution < 1.29 is 83.9 Å². The van der Waals surface area contributed by atoms with Gasteiger partial charge in [-0.15, -0.1) is 5.92 Å². The maximum Gasteiger partial charge on any atom is 0.490 e. The quantitative estimate of drug-likeness (QED) is 0.146. The van der Waals surface area contributed by atoms with Crippen molar-refractivity contribution in [2.24, 2.45) is 11.7 Å². The summed E-state index contributed by atoms with van der Waals surface area (Å²) >= 11 is 0. The normalized spacial score (nSPS) is 24.8. The SMILES string of the molecule is CC1[CH-]C(n2cc(C/C=C/N)c(=O)[nH]c2=O)OC1COP(=O)(O)OP(=O)(O)OP(=O)(O)O.[Y]. The van der Waals surface area contributed by atoms with Gasteiger partial charge in [0, 0.05) is 50.7 Å². The molecule has 0 aliphatic carbocycles. The number of nitrogens with two attached hydrogens (primary N) is 1.